The minimum Gasteiger partial charge on any atom is -0.497 e. The average molecular weight is 339 g/mol. The fourth-order valence-electron chi connectivity index (χ4n) is 3.84. The van der Waals surface area contributed by atoms with Crippen molar-refractivity contribution in [2.45, 2.75) is 44.6 Å². The maximum atomic E-state index is 12.9. The summed E-state index contributed by atoms with van der Waals surface area (Å²) in [6, 6.07) is 6.34. The fourth-order valence-corrected chi connectivity index (χ4v) is 3.84. The van der Waals surface area contributed by atoms with Gasteiger partial charge in [-0.3, -0.25) is 4.79 Å². The van der Waals surface area contributed by atoms with Gasteiger partial charge in [0.25, 0.3) is 0 Å². The molecule has 0 radical (unpaired) electrons. The lowest BCUT2D eigenvalue weighted by Crippen LogP contribution is -2.44. The van der Waals surface area contributed by atoms with Crippen LogP contribution < -0.4 is 10.5 Å². The molecule has 5 heteroatoms. The normalized spacial score (nSPS) is 22.2. The van der Waals surface area contributed by atoms with Gasteiger partial charge in [-0.05, 0) is 61.8 Å². The molecule has 1 heterocycles. The first-order valence-electron chi connectivity index (χ1n) is 8.31. The molecular weight excluding hydrogens is 312 g/mol. The standard InChI is InChI=1S/C18H26N2O2.ClH/c1-12(19)13-7-9-20(10-8-13)18(21)17-5-3-14-11-15(22-2)4-6-16(14)17;/h4,6,11-13,17H,3,5,7-10,19H2,1-2H3;1H. The lowest BCUT2D eigenvalue weighted by Gasteiger charge is -2.35. The van der Waals surface area contributed by atoms with Crippen molar-refractivity contribution in [3.8, 4) is 5.75 Å². The Morgan fingerprint density at radius 3 is 2.61 bits per heavy atom. The Morgan fingerprint density at radius 1 is 1.30 bits per heavy atom. The third-order valence-corrected chi connectivity index (χ3v) is 5.32. The minimum atomic E-state index is 0. The van der Waals surface area contributed by atoms with Crippen LogP contribution in [0.3, 0.4) is 0 Å². The van der Waals surface area contributed by atoms with Gasteiger partial charge < -0.3 is 15.4 Å². The van der Waals surface area contributed by atoms with Crippen molar-refractivity contribution >= 4 is 18.3 Å². The molecule has 1 fully saturated rings. The molecule has 1 aromatic carbocycles. The molecule has 3 rings (SSSR count). The SMILES string of the molecule is COc1ccc2c(c1)CCC2C(=O)N1CCC(C(C)N)CC1.Cl. The number of rotatable bonds is 3. The first-order chi connectivity index (χ1) is 10.6. The van der Waals surface area contributed by atoms with Crippen molar-refractivity contribution in [3.63, 3.8) is 0 Å². The van der Waals surface area contributed by atoms with Gasteiger partial charge in [0, 0.05) is 19.1 Å². The first-order valence-corrected chi connectivity index (χ1v) is 8.31. The summed E-state index contributed by atoms with van der Waals surface area (Å²) in [6.07, 6.45) is 3.96. The number of amides is 1. The Bertz CT molecular complexity index is 554. The predicted molar refractivity (Wildman–Crippen MR) is 94.3 cm³/mol. The summed E-state index contributed by atoms with van der Waals surface area (Å²) in [5.74, 6) is 1.77. The molecule has 1 saturated heterocycles. The van der Waals surface area contributed by atoms with E-state index < -0.39 is 0 Å². The van der Waals surface area contributed by atoms with E-state index >= 15 is 0 Å². The van der Waals surface area contributed by atoms with Crippen molar-refractivity contribution in [1.29, 1.82) is 0 Å². The van der Waals surface area contributed by atoms with Crippen LogP contribution in [0.2, 0.25) is 0 Å². The molecule has 23 heavy (non-hydrogen) atoms. The highest BCUT2D eigenvalue weighted by molar-refractivity contribution is 5.85. The minimum absolute atomic E-state index is 0. The first kappa shape index (κ1) is 18.1. The number of benzene rings is 1. The molecule has 1 amide bonds. The molecule has 1 aromatic rings. The van der Waals surface area contributed by atoms with E-state index in [2.05, 4.69) is 19.1 Å². The van der Waals surface area contributed by atoms with E-state index in [4.69, 9.17) is 10.5 Å². The maximum Gasteiger partial charge on any atom is 0.230 e. The van der Waals surface area contributed by atoms with Crippen molar-refractivity contribution in [1.82, 2.24) is 4.90 Å². The number of halogens is 1. The summed E-state index contributed by atoms with van der Waals surface area (Å²) in [5, 5.41) is 0. The second-order valence-corrected chi connectivity index (χ2v) is 6.68. The highest BCUT2D eigenvalue weighted by Crippen LogP contribution is 2.37. The van der Waals surface area contributed by atoms with Crippen molar-refractivity contribution in [2.24, 2.45) is 11.7 Å². The smallest absolute Gasteiger partial charge is 0.230 e. The molecule has 1 aliphatic carbocycles. The summed E-state index contributed by atoms with van der Waals surface area (Å²) >= 11 is 0. The van der Waals surface area contributed by atoms with Gasteiger partial charge in [0.1, 0.15) is 5.75 Å². The zero-order chi connectivity index (χ0) is 15.7. The van der Waals surface area contributed by atoms with Crippen molar-refractivity contribution in [3.05, 3.63) is 29.3 Å². The predicted octanol–water partition coefficient (Wildman–Crippen LogP) is 2.73. The van der Waals surface area contributed by atoms with Gasteiger partial charge in [0.2, 0.25) is 5.91 Å². The summed E-state index contributed by atoms with van der Waals surface area (Å²) in [6.45, 7) is 3.78. The molecule has 4 nitrogen and oxygen atoms in total. The molecule has 1 aliphatic heterocycles. The van der Waals surface area contributed by atoms with E-state index in [9.17, 15) is 4.79 Å². The maximum absolute atomic E-state index is 12.9. The Hall–Kier alpha value is -1.26. The van der Waals surface area contributed by atoms with Gasteiger partial charge in [-0.2, -0.15) is 0 Å². The average Bonchev–Trinajstić information content (AvgIpc) is 2.97. The second kappa shape index (κ2) is 7.54. The number of carbonyl (C=O) groups excluding carboxylic acids is 1. The molecule has 128 valence electrons. The van der Waals surface area contributed by atoms with E-state index in [1.807, 2.05) is 11.0 Å². The number of nitrogens with zero attached hydrogens (tertiary/aromatic N) is 1. The van der Waals surface area contributed by atoms with Crippen LogP contribution in [-0.4, -0.2) is 37.0 Å². The molecule has 2 unspecified atom stereocenters. The number of aryl methyl sites for hydroxylation is 1. The van der Waals surface area contributed by atoms with E-state index in [0.29, 0.717) is 11.8 Å². The van der Waals surface area contributed by atoms with Crippen LogP contribution in [0.15, 0.2) is 18.2 Å². The number of piperidine rings is 1. The number of fused-ring (bicyclic) bond motifs is 1. The topological polar surface area (TPSA) is 55.6 Å². The number of hydrogen-bond acceptors (Lipinski definition) is 3. The number of methoxy groups -OCH3 is 1. The van der Waals surface area contributed by atoms with Gasteiger partial charge in [0.15, 0.2) is 0 Å². The monoisotopic (exact) mass is 338 g/mol. The fraction of sp³-hybridized carbons (Fsp3) is 0.611. The van der Waals surface area contributed by atoms with E-state index in [1.54, 1.807) is 7.11 Å². The van der Waals surface area contributed by atoms with Gasteiger partial charge in [-0.25, -0.2) is 0 Å². The van der Waals surface area contributed by atoms with Crippen LogP contribution >= 0.6 is 12.4 Å². The van der Waals surface area contributed by atoms with Crippen LogP contribution in [0, 0.1) is 5.92 Å². The highest BCUT2D eigenvalue weighted by atomic mass is 35.5. The van der Waals surface area contributed by atoms with Crippen molar-refractivity contribution < 1.29 is 9.53 Å². The largest absolute Gasteiger partial charge is 0.497 e. The number of ether oxygens (including phenoxy) is 1. The Kier molecular flexibility index (Phi) is 5.93. The van der Waals surface area contributed by atoms with E-state index in [0.717, 1.165) is 44.5 Å². The van der Waals surface area contributed by atoms with Crippen LogP contribution in [0.5, 0.6) is 5.75 Å². The molecule has 2 atom stereocenters. The van der Waals surface area contributed by atoms with Crippen LogP contribution in [0.4, 0.5) is 0 Å². The number of nitrogens with two attached hydrogens (primary N) is 1. The second-order valence-electron chi connectivity index (χ2n) is 6.68. The van der Waals surface area contributed by atoms with Crippen LogP contribution in [-0.2, 0) is 11.2 Å². The third kappa shape index (κ3) is 3.64. The molecule has 2 aliphatic rings. The van der Waals surface area contributed by atoms with E-state index in [-0.39, 0.29) is 24.4 Å². The highest BCUT2D eigenvalue weighted by Gasteiger charge is 2.34. The Morgan fingerprint density at radius 2 is 2.00 bits per heavy atom. The lowest BCUT2D eigenvalue weighted by atomic mass is 9.90. The van der Waals surface area contributed by atoms with Gasteiger partial charge in [0.05, 0.1) is 13.0 Å². The molecule has 0 aromatic heterocycles. The summed E-state index contributed by atoms with van der Waals surface area (Å²) < 4.78 is 5.28. The third-order valence-electron chi connectivity index (χ3n) is 5.32. The van der Waals surface area contributed by atoms with Gasteiger partial charge in [-0.1, -0.05) is 6.07 Å². The van der Waals surface area contributed by atoms with E-state index in [1.165, 1.54) is 11.1 Å². The molecule has 0 saturated carbocycles. The molecule has 0 spiro atoms. The lowest BCUT2D eigenvalue weighted by molar-refractivity contribution is -0.134. The van der Waals surface area contributed by atoms with Crippen LogP contribution in [0.25, 0.3) is 0 Å². The molecule has 0 bridgehead atoms. The number of carbonyl (C=O) groups is 1. The quantitative estimate of drug-likeness (QED) is 0.922. The summed E-state index contributed by atoms with van der Waals surface area (Å²) in [7, 11) is 1.68. The van der Waals surface area contributed by atoms with Gasteiger partial charge in [-0.15, -0.1) is 12.4 Å². The molecule has 2 N–H and O–H groups in total. The molecular formula is C18H27ClN2O2. The van der Waals surface area contributed by atoms with Crippen molar-refractivity contribution in [2.75, 3.05) is 20.2 Å². The zero-order valence-electron chi connectivity index (χ0n) is 14.0. The van der Waals surface area contributed by atoms with Gasteiger partial charge >= 0.3 is 0 Å². The zero-order valence-corrected chi connectivity index (χ0v) is 14.8. The number of hydrogen-bond donors (Lipinski definition) is 1. The summed E-state index contributed by atoms with van der Waals surface area (Å²) in [4.78, 5) is 14.9. The summed E-state index contributed by atoms with van der Waals surface area (Å²) in [5.41, 5.74) is 8.45. The number of likely N-dealkylation sites (tertiary alicyclic amines) is 1. The van der Waals surface area contributed by atoms with Crippen LogP contribution in [0.1, 0.15) is 43.2 Å². The Balaban J connectivity index is 0.00000192. The Labute approximate surface area is 144 Å².